The molecule has 48 valence electrons. The van der Waals surface area contributed by atoms with Crippen molar-refractivity contribution < 1.29 is 9.16 Å². The van der Waals surface area contributed by atoms with Gasteiger partial charge in [-0.1, -0.05) is 6.08 Å². The van der Waals surface area contributed by atoms with Gasteiger partial charge in [0, 0.05) is 0 Å². The van der Waals surface area contributed by atoms with Gasteiger partial charge in [-0.25, -0.2) is 0 Å². The first-order chi connectivity index (χ1) is 3.91. The van der Waals surface area contributed by atoms with Crippen LogP contribution in [0.25, 0.3) is 0 Å². The average Bonchev–Trinajstić information content (AvgIpc) is 1.81. The van der Waals surface area contributed by atoms with Crippen LogP contribution in [-0.2, 0) is 9.16 Å². The van der Waals surface area contributed by atoms with Crippen molar-refractivity contribution in [2.24, 2.45) is 0 Å². The van der Waals surface area contributed by atoms with Gasteiger partial charge in [-0.05, 0) is 0 Å². The maximum atomic E-state index is 5.00. The second kappa shape index (κ2) is 6.88. The van der Waals surface area contributed by atoms with Crippen molar-refractivity contribution in [3.05, 3.63) is 12.7 Å². The van der Waals surface area contributed by atoms with Gasteiger partial charge in [0.15, 0.2) is 0 Å². The molecule has 0 saturated heterocycles. The summed E-state index contributed by atoms with van der Waals surface area (Å²) in [4.78, 5) is 0. The Kier molecular flexibility index (Phi) is 6.77. The lowest BCUT2D eigenvalue weighted by atomic mass is 10.7. The minimum absolute atomic E-state index is 0.630. The minimum Gasteiger partial charge on any atom is -0.426 e. The van der Waals surface area contributed by atoms with Crippen molar-refractivity contribution in [1.82, 2.24) is 0 Å². The molecule has 3 heteroatoms. The quantitative estimate of drug-likeness (QED) is 0.285. The molecule has 0 atom stereocenters. The Morgan fingerprint density at radius 2 is 2.25 bits per heavy atom. The van der Waals surface area contributed by atoms with E-state index in [-0.39, 0.29) is 0 Å². The molecule has 0 bridgehead atoms. The van der Waals surface area contributed by atoms with E-state index in [2.05, 4.69) is 6.58 Å². The van der Waals surface area contributed by atoms with E-state index in [1.54, 1.807) is 6.08 Å². The summed E-state index contributed by atoms with van der Waals surface area (Å²) in [5.41, 5.74) is 0. The summed E-state index contributed by atoms with van der Waals surface area (Å²) < 4.78 is 9.87. The Balaban J connectivity index is 2.62. The Morgan fingerprint density at radius 3 is 2.75 bits per heavy atom. The Bertz CT molecular complexity index is 56.4. The maximum Gasteiger partial charge on any atom is 0.146 e. The standard InChI is InChI=1S/C5H12O2Si/c1-2-3-6-4-5-7-8/h2H,1,3-5H2,8H3. The van der Waals surface area contributed by atoms with Crippen LogP contribution in [0.2, 0.25) is 0 Å². The van der Waals surface area contributed by atoms with Crippen LogP contribution >= 0.6 is 0 Å². The largest absolute Gasteiger partial charge is 0.426 e. The van der Waals surface area contributed by atoms with Gasteiger partial charge in [0.1, 0.15) is 10.5 Å². The zero-order chi connectivity index (χ0) is 6.24. The molecule has 0 aliphatic heterocycles. The molecule has 0 rings (SSSR count). The van der Waals surface area contributed by atoms with Crippen molar-refractivity contribution in [1.29, 1.82) is 0 Å². The van der Waals surface area contributed by atoms with Gasteiger partial charge in [-0.2, -0.15) is 0 Å². The molecule has 0 N–H and O–H groups in total. The number of ether oxygens (including phenoxy) is 1. The third kappa shape index (κ3) is 5.88. The SMILES string of the molecule is C=CCOCCO[SiH3]. The van der Waals surface area contributed by atoms with Crippen LogP contribution in [0.5, 0.6) is 0 Å². The number of hydrogen-bond acceptors (Lipinski definition) is 2. The topological polar surface area (TPSA) is 18.5 Å². The highest BCUT2D eigenvalue weighted by Gasteiger charge is 1.79. The van der Waals surface area contributed by atoms with Gasteiger partial charge in [0.05, 0.1) is 19.8 Å². The van der Waals surface area contributed by atoms with Crippen LogP contribution in [-0.4, -0.2) is 30.3 Å². The van der Waals surface area contributed by atoms with Crippen molar-refractivity contribution in [2.75, 3.05) is 19.8 Å². The van der Waals surface area contributed by atoms with Crippen molar-refractivity contribution in [3.8, 4) is 0 Å². The summed E-state index contributed by atoms with van der Waals surface area (Å²) in [7, 11) is 0.802. The van der Waals surface area contributed by atoms with Gasteiger partial charge >= 0.3 is 0 Å². The molecule has 0 unspecified atom stereocenters. The lowest BCUT2D eigenvalue weighted by Crippen LogP contribution is -2.01. The van der Waals surface area contributed by atoms with Crippen LogP contribution in [0.4, 0.5) is 0 Å². The first-order valence-electron chi connectivity index (χ1n) is 2.59. The summed E-state index contributed by atoms with van der Waals surface area (Å²) in [5.74, 6) is 0. The molecule has 0 aliphatic carbocycles. The number of hydrogen-bond donors (Lipinski definition) is 0. The Morgan fingerprint density at radius 1 is 1.50 bits per heavy atom. The summed E-state index contributed by atoms with van der Waals surface area (Å²) in [5, 5.41) is 0. The van der Waals surface area contributed by atoms with E-state index in [0.717, 1.165) is 17.1 Å². The molecular formula is C5H12O2Si. The zero-order valence-corrected chi connectivity index (χ0v) is 7.22. The Hall–Kier alpha value is -0.123. The average molecular weight is 132 g/mol. The van der Waals surface area contributed by atoms with E-state index < -0.39 is 0 Å². The fourth-order valence-electron chi connectivity index (χ4n) is 0.309. The molecule has 0 aromatic rings. The predicted molar refractivity (Wildman–Crippen MR) is 36.9 cm³/mol. The van der Waals surface area contributed by atoms with Gasteiger partial charge < -0.3 is 9.16 Å². The highest BCUT2D eigenvalue weighted by atomic mass is 28.2. The second-order valence-electron chi connectivity index (χ2n) is 1.36. The van der Waals surface area contributed by atoms with E-state index in [4.69, 9.17) is 9.16 Å². The molecule has 2 nitrogen and oxygen atoms in total. The molecule has 0 heterocycles. The second-order valence-corrected chi connectivity index (χ2v) is 1.93. The minimum atomic E-state index is 0.630. The molecule has 0 fully saturated rings. The summed E-state index contributed by atoms with van der Waals surface area (Å²) in [6, 6.07) is 0. The molecular weight excluding hydrogens is 120 g/mol. The fourth-order valence-corrected chi connectivity index (χ4v) is 0.476. The van der Waals surface area contributed by atoms with Crippen molar-refractivity contribution in [3.63, 3.8) is 0 Å². The predicted octanol–water partition coefficient (Wildman–Crippen LogP) is -0.514. The van der Waals surface area contributed by atoms with Crippen molar-refractivity contribution in [2.45, 2.75) is 0 Å². The first kappa shape index (κ1) is 7.88. The lowest BCUT2D eigenvalue weighted by Gasteiger charge is -1.97. The smallest absolute Gasteiger partial charge is 0.146 e. The molecule has 0 radical (unpaired) electrons. The van der Waals surface area contributed by atoms with Gasteiger partial charge in [0.25, 0.3) is 0 Å². The van der Waals surface area contributed by atoms with Crippen LogP contribution in [0.1, 0.15) is 0 Å². The normalized spacial score (nSPS) is 9.50. The highest BCUT2D eigenvalue weighted by molar-refractivity contribution is 5.97. The molecule has 0 aliphatic rings. The molecule has 0 aromatic carbocycles. The molecule has 0 aromatic heterocycles. The van der Waals surface area contributed by atoms with Gasteiger partial charge in [0.2, 0.25) is 0 Å². The van der Waals surface area contributed by atoms with Crippen LogP contribution in [0.3, 0.4) is 0 Å². The highest BCUT2D eigenvalue weighted by Crippen LogP contribution is 1.73. The fraction of sp³-hybridized carbons (Fsp3) is 0.600. The summed E-state index contributed by atoms with van der Waals surface area (Å²) >= 11 is 0. The van der Waals surface area contributed by atoms with E-state index in [1.807, 2.05) is 0 Å². The molecule has 8 heavy (non-hydrogen) atoms. The maximum absolute atomic E-state index is 5.00. The third-order valence-electron chi connectivity index (χ3n) is 0.667. The van der Waals surface area contributed by atoms with E-state index in [9.17, 15) is 0 Å². The van der Waals surface area contributed by atoms with Gasteiger partial charge in [-0.15, -0.1) is 6.58 Å². The van der Waals surface area contributed by atoms with E-state index in [0.29, 0.717) is 13.2 Å². The Labute approximate surface area is 53.0 Å². The zero-order valence-electron chi connectivity index (χ0n) is 5.22. The van der Waals surface area contributed by atoms with E-state index in [1.165, 1.54) is 0 Å². The summed E-state index contributed by atoms with van der Waals surface area (Å²) in [6.07, 6.45) is 1.73. The number of rotatable bonds is 5. The molecule has 0 saturated carbocycles. The monoisotopic (exact) mass is 132 g/mol. The summed E-state index contributed by atoms with van der Waals surface area (Å²) in [6.45, 7) is 5.54. The van der Waals surface area contributed by atoms with Crippen LogP contribution in [0.15, 0.2) is 12.7 Å². The van der Waals surface area contributed by atoms with Crippen molar-refractivity contribution >= 4 is 10.5 Å². The molecule has 0 amide bonds. The third-order valence-corrected chi connectivity index (χ3v) is 1.08. The lowest BCUT2D eigenvalue weighted by molar-refractivity contribution is 0.125. The molecule has 0 spiro atoms. The van der Waals surface area contributed by atoms with E-state index >= 15 is 0 Å². The van der Waals surface area contributed by atoms with Gasteiger partial charge in [-0.3, -0.25) is 0 Å². The van der Waals surface area contributed by atoms with Crippen LogP contribution in [0, 0.1) is 0 Å². The van der Waals surface area contributed by atoms with Crippen LogP contribution < -0.4 is 0 Å². The first-order valence-corrected chi connectivity index (χ1v) is 3.41.